The minimum absolute atomic E-state index is 0.203. The maximum atomic E-state index is 11.8. The van der Waals surface area contributed by atoms with E-state index >= 15 is 0 Å². The topological polar surface area (TPSA) is 52.1 Å². The Bertz CT molecular complexity index is 993. The van der Waals surface area contributed by atoms with Gasteiger partial charge in [0.15, 0.2) is 0 Å². The molecule has 0 spiro atoms. The van der Waals surface area contributed by atoms with Gasteiger partial charge in [0.05, 0.1) is 11.9 Å². The summed E-state index contributed by atoms with van der Waals surface area (Å²) in [5.74, 6) is 3.71. The van der Waals surface area contributed by atoms with Crippen molar-refractivity contribution in [3.05, 3.63) is 65.9 Å². The molecule has 0 radical (unpaired) electrons. The van der Waals surface area contributed by atoms with Crippen LogP contribution in [0.25, 0.3) is 22.5 Å². The van der Waals surface area contributed by atoms with Crippen molar-refractivity contribution in [1.82, 2.24) is 9.97 Å². The highest BCUT2D eigenvalue weighted by molar-refractivity contribution is 7.95. The van der Waals surface area contributed by atoms with E-state index in [2.05, 4.69) is 15.8 Å². The van der Waals surface area contributed by atoms with Crippen molar-refractivity contribution in [2.45, 2.75) is 13.8 Å². The number of hydrogen-bond acceptors (Lipinski definition) is 4. The summed E-state index contributed by atoms with van der Waals surface area (Å²) < 4.78 is 17.2. The molecule has 3 aromatic rings. The minimum Gasteiger partial charge on any atom is -0.387 e. The number of nitrogens with zero attached hydrogens (tertiary/aromatic N) is 2. The summed E-state index contributed by atoms with van der Waals surface area (Å²) in [5.41, 5.74) is 5.66. The Hall–Kier alpha value is -2.66. The third-order valence-corrected chi connectivity index (χ3v) is 4.19. The van der Waals surface area contributed by atoms with Gasteiger partial charge >= 0.3 is 0 Å². The summed E-state index contributed by atoms with van der Waals surface area (Å²) in [7, 11) is -2.67. The smallest absolute Gasteiger partial charge is 0.249 e. The molecule has 1 unspecified atom stereocenters. The van der Waals surface area contributed by atoms with Gasteiger partial charge in [-0.15, -0.1) is 0 Å². The highest BCUT2D eigenvalue weighted by Gasteiger charge is 2.14. The molecule has 0 bridgehead atoms. The third-order valence-electron chi connectivity index (χ3n) is 3.66. The molecule has 0 aliphatic rings. The number of benzene rings is 2. The van der Waals surface area contributed by atoms with Crippen molar-refractivity contribution in [2.75, 3.05) is 6.26 Å². The number of aryl methyl sites for hydroxylation is 2. The number of rotatable bonds is 4. The summed E-state index contributed by atoms with van der Waals surface area (Å²) in [4.78, 5) is 9.07. The quantitative estimate of drug-likeness (QED) is 0.664. The zero-order valence-corrected chi connectivity index (χ0v) is 15.3. The van der Waals surface area contributed by atoms with E-state index in [4.69, 9.17) is 4.18 Å². The fraction of sp³-hybridized carbons (Fsp3) is 0.150. The molecule has 0 amide bonds. The summed E-state index contributed by atoms with van der Waals surface area (Å²) in [6.45, 7) is 4.07. The van der Waals surface area contributed by atoms with Gasteiger partial charge in [0.1, 0.15) is 15.5 Å². The summed E-state index contributed by atoms with van der Waals surface area (Å²) >= 11 is 0. The van der Waals surface area contributed by atoms with Gasteiger partial charge in [0.25, 0.3) is 0 Å². The van der Waals surface area contributed by atoms with Gasteiger partial charge in [0, 0.05) is 17.4 Å². The Balaban J connectivity index is 2.16. The Morgan fingerprint density at radius 3 is 1.84 bits per heavy atom. The molecule has 0 aliphatic heterocycles. The van der Waals surface area contributed by atoms with Crippen LogP contribution < -0.4 is 4.18 Å². The highest BCUT2D eigenvalue weighted by atomic mass is 32.2. The van der Waals surface area contributed by atoms with Crippen LogP contribution in [0, 0.1) is 13.8 Å². The van der Waals surface area contributed by atoms with Gasteiger partial charge in [-0.05, 0) is 19.7 Å². The molecule has 0 aliphatic carbocycles. The van der Waals surface area contributed by atoms with Crippen molar-refractivity contribution in [1.29, 1.82) is 0 Å². The molecule has 0 saturated heterocycles. The minimum atomic E-state index is -2.67. The molecular formula is C20H20N2O2S. The average molecular weight is 352 g/mol. The van der Waals surface area contributed by atoms with E-state index in [0.717, 1.165) is 22.4 Å². The second-order valence-electron chi connectivity index (χ2n) is 6.15. The van der Waals surface area contributed by atoms with Crippen molar-refractivity contribution >= 4 is 15.7 Å². The maximum absolute atomic E-state index is 11.8. The lowest BCUT2D eigenvalue weighted by Crippen LogP contribution is -2.08. The van der Waals surface area contributed by atoms with Gasteiger partial charge in [-0.2, -0.15) is 0 Å². The number of hydrogen-bond donors (Lipinski definition) is 0. The predicted octanol–water partition coefficient (Wildman–Crippen LogP) is 4.07. The van der Waals surface area contributed by atoms with Gasteiger partial charge in [-0.1, -0.05) is 59.7 Å². The first-order chi connectivity index (χ1) is 11.8. The first-order valence-corrected chi connectivity index (χ1v) is 9.91. The molecule has 3 rings (SSSR count). The molecule has 25 heavy (non-hydrogen) atoms. The fourth-order valence-corrected chi connectivity index (χ4v) is 2.87. The lowest BCUT2D eigenvalue weighted by Gasteiger charge is -2.12. The molecule has 0 N–H and O–H groups in total. The van der Waals surface area contributed by atoms with E-state index < -0.39 is 9.80 Å². The average Bonchev–Trinajstić information content (AvgIpc) is 2.55. The van der Waals surface area contributed by atoms with E-state index in [-0.39, 0.29) is 5.88 Å². The fourth-order valence-electron chi connectivity index (χ4n) is 2.43. The first kappa shape index (κ1) is 17.2. The van der Waals surface area contributed by atoms with E-state index in [1.54, 1.807) is 0 Å². The number of aromatic nitrogens is 2. The molecule has 2 aromatic carbocycles. The predicted molar refractivity (Wildman–Crippen MR) is 104 cm³/mol. The van der Waals surface area contributed by atoms with Gasteiger partial charge < -0.3 is 4.18 Å². The maximum Gasteiger partial charge on any atom is 0.249 e. The first-order valence-electron chi connectivity index (χ1n) is 7.84. The van der Waals surface area contributed by atoms with Crippen molar-refractivity contribution in [3.63, 3.8) is 0 Å². The van der Waals surface area contributed by atoms with Crippen LogP contribution in [0.5, 0.6) is 5.88 Å². The van der Waals surface area contributed by atoms with Crippen molar-refractivity contribution < 1.29 is 8.39 Å². The monoisotopic (exact) mass is 352 g/mol. The summed E-state index contributed by atoms with van der Waals surface area (Å²) in [6.07, 6.45) is 2.91. The Morgan fingerprint density at radius 2 is 1.36 bits per heavy atom. The van der Waals surface area contributed by atoms with E-state index in [1.165, 1.54) is 18.0 Å². The van der Waals surface area contributed by atoms with Crippen LogP contribution in [0.1, 0.15) is 11.1 Å². The Morgan fingerprint density at radius 1 is 0.880 bits per heavy atom. The highest BCUT2D eigenvalue weighted by Crippen LogP contribution is 2.30. The molecule has 0 fully saturated rings. The van der Waals surface area contributed by atoms with E-state index in [1.807, 2.05) is 62.4 Å². The second-order valence-corrected chi connectivity index (χ2v) is 8.16. The molecule has 4 nitrogen and oxygen atoms in total. The van der Waals surface area contributed by atoms with Crippen LogP contribution in [0.4, 0.5) is 0 Å². The normalized spacial score (nSPS) is 13.2. The Labute approximate surface area is 148 Å². The second kappa shape index (κ2) is 6.69. The van der Waals surface area contributed by atoms with E-state index in [9.17, 15) is 4.21 Å². The van der Waals surface area contributed by atoms with Crippen molar-refractivity contribution in [3.8, 4) is 28.4 Å². The van der Waals surface area contributed by atoms with Crippen LogP contribution in [0.2, 0.25) is 0 Å². The van der Waals surface area contributed by atoms with Crippen LogP contribution in [0.15, 0.2) is 54.7 Å². The lowest BCUT2D eigenvalue weighted by molar-refractivity contribution is 0.546. The molecule has 5 heteroatoms. The van der Waals surface area contributed by atoms with Gasteiger partial charge in [0.2, 0.25) is 5.88 Å². The van der Waals surface area contributed by atoms with Crippen LogP contribution in [-0.4, -0.2) is 26.3 Å². The lowest BCUT2D eigenvalue weighted by atomic mass is 10.0. The summed E-state index contributed by atoms with van der Waals surface area (Å²) in [5, 5.41) is 0. The van der Waals surface area contributed by atoms with Gasteiger partial charge in [-0.25, -0.2) is 14.2 Å². The van der Waals surface area contributed by atoms with Crippen LogP contribution in [-0.2, 0) is 9.80 Å². The molecule has 0 saturated carbocycles. The largest absolute Gasteiger partial charge is 0.387 e. The summed E-state index contributed by atoms with van der Waals surface area (Å²) in [6, 6.07) is 16.1. The van der Waals surface area contributed by atoms with Crippen molar-refractivity contribution in [2.24, 2.45) is 0 Å². The zero-order valence-electron chi connectivity index (χ0n) is 14.5. The Kier molecular flexibility index (Phi) is 4.59. The zero-order chi connectivity index (χ0) is 18.0. The SMILES string of the molecule is C=S(C)(=O)Oc1cnc(-c2ccc(C)cc2)c(-c2ccc(C)cc2)n1. The third kappa shape index (κ3) is 4.25. The molecule has 1 aromatic heterocycles. The van der Waals surface area contributed by atoms with Crippen LogP contribution >= 0.6 is 0 Å². The van der Waals surface area contributed by atoms with Crippen LogP contribution in [0.3, 0.4) is 0 Å². The molecular weight excluding hydrogens is 332 g/mol. The molecule has 1 heterocycles. The van der Waals surface area contributed by atoms with Gasteiger partial charge in [-0.3, -0.25) is 0 Å². The molecule has 1 atom stereocenters. The van der Waals surface area contributed by atoms with E-state index in [0.29, 0.717) is 5.69 Å². The molecule has 128 valence electrons. The standard InChI is InChI=1S/C20H20N2O2S/c1-14-5-9-16(10-6-14)19-20(17-11-7-15(2)8-12-17)22-18(13-21-19)24-25(3,4)23/h5-13H,3H2,1-2,4H3.